The third kappa shape index (κ3) is 5.51. The Kier molecular flexibility index (Phi) is 6.58. The highest BCUT2D eigenvalue weighted by molar-refractivity contribution is 7.99. The molecule has 1 amide bonds. The Bertz CT molecular complexity index is 720. The van der Waals surface area contributed by atoms with Gasteiger partial charge in [-0.15, -0.1) is 11.8 Å². The summed E-state index contributed by atoms with van der Waals surface area (Å²) < 4.78 is 5.38. The van der Waals surface area contributed by atoms with E-state index < -0.39 is 0 Å². The Morgan fingerprint density at radius 3 is 2.38 bits per heavy atom. The number of hydrogen-bond donors (Lipinski definition) is 1. The number of morpholine rings is 1. The van der Waals surface area contributed by atoms with Crippen LogP contribution in [0.4, 0.5) is 11.4 Å². The summed E-state index contributed by atoms with van der Waals surface area (Å²) in [7, 11) is 0. The van der Waals surface area contributed by atoms with Crippen LogP contribution < -0.4 is 10.2 Å². The van der Waals surface area contributed by atoms with Crippen LogP contribution in [0.1, 0.15) is 16.7 Å². The molecule has 0 unspecified atom stereocenters. The number of hydrogen-bond acceptors (Lipinski definition) is 4. The van der Waals surface area contributed by atoms with Crippen LogP contribution in [0.15, 0.2) is 42.5 Å². The topological polar surface area (TPSA) is 41.6 Å². The first-order chi connectivity index (χ1) is 12.6. The molecule has 1 aliphatic heterocycles. The molecule has 1 saturated heterocycles. The molecule has 0 bridgehead atoms. The van der Waals surface area contributed by atoms with Gasteiger partial charge in [0.05, 0.1) is 19.0 Å². The summed E-state index contributed by atoms with van der Waals surface area (Å²) >= 11 is 1.64. The van der Waals surface area contributed by atoms with E-state index in [0.717, 1.165) is 37.7 Å². The Morgan fingerprint density at radius 2 is 1.73 bits per heavy atom. The van der Waals surface area contributed by atoms with Gasteiger partial charge >= 0.3 is 0 Å². The second-order valence-electron chi connectivity index (χ2n) is 6.68. The molecule has 26 heavy (non-hydrogen) atoms. The number of benzene rings is 2. The summed E-state index contributed by atoms with van der Waals surface area (Å²) in [6, 6.07) is 14.6. The second kappa shape index (κ2) is 9.10. The van der Waals surface area contributed by atoms with Crippen molar-refractivity contribution in [1.29, 1.82) is 0 Å². The van der Waals surface area contributed by atoms with Gasteiger partial charge in [-0.2, -0.15) is 0 Å². The highest BCUT2D eigenvalue weighted by Crippen LogP contribution is 2.20. The fourth-order valence-corrected chi connectivity index (χ4v) is 3.95. The van der Waals surface area contributed by atoms with Gasteiger partial charge < -0.3 is 15.0 Å². The molecule has 1 N–H and O–H groups in total. The largest absolute Gasteiger partial charge is 0.378 e. The maximum Gasteiger partial charge on any atom is 0.234 e. The van der Waals surface area contributed by atoms with E-state index in [1.807, 2.05) is 12.1 Å². The van der Waals surface area contributed by atoms with Crippen molar-refractivity contribution >= 4 is 29.0 Å². The Morgan fingerprint density at radius 1 is 1.08 bits per heavy atom. The van der Waals surface area contributed by atoms with E-state index in [0.29, 0.717) is 5.75 Å². The fraction of sp³-hybridized carbons (Fsp3) is 0.381. The SMILES string of the molecule is Cc1cc(C)cc(CSCC(=O)Nc2ccc(N3CCOCC3)cc2)c1. The molecule has 0 aromatic heterocycles. The van der Waals surface area contributed by atoms with Crippen LogP contribution in [-0.4, -0.2) is 38.0 Å². The fourth-order valence-electron chi connectivity index (χ4n) is 3.19. The number of carbonyl (C=O) groups is 1. The van der Waals surface area contributed by atoms with Crippen LogP contribution >= 0.6 is 11.8 Å². The number of rotatable bonds is 6. The maximum atomic E-state index is 12.2. The van der Waals surface area contributed by atoms with Gasteiger partial charge in [-0.05, 0) is 43.7 Å². The number of carbonyl (C=O) groups excluding carboxylic acids is 1. The molecule has 0 atom stereocenters. The van der Waals surface area contributed by atoms with E-state index in [1.165, 1.54) is 22.4 Å². The normalized spacial score (nSPS) is 14.3. The molecule has 3 rings (SSSR count). The number of nitrogens with one attached hydrogen (secondary N) is 1. The number of aryl methyl sites for hydroxylation is 2. The molecule has 0 saturated carbocycles. The molecular weight excluding hydrogens is 344 g/mol. The Labute approximate surface area is 159 Å². The van der Waals surface area contributed by atoms with Gasteiger partial charge in [0.1, 0.15) is 0 Å². The van der Waals surface area contributed by atoms with Crippen LogP contribution in [0.5, 0.6) is 0 Å². The van der Waals surface area contributed by atoms with E-state index >= 15 is 0 Å². The van der Waals surface area contributed by atoms with Gasteiger partial charge in [0.15, 0.2) is 0 Å². The summed E-state index contributed by atoms with van der Waals surface area (Å²) in [5.74, 6) is 1.35. The van der Waals surface area contributed by atoms with E-state index in [2.05, 4.69) is 54.4 Å². The van der Waals surface area contributed by atoms with Crippen LogP contribution in [-0.2, 0) is 15.3 Å². The molecule has 1 aliphatic rings. The molecule has 4 nitrogen and oxygen atoms in total. The van der Waals surface area contributed by atoms with Gasteiger partial charge in [-0.25, -0.2) is 0 Å². The van der Waals surface area contributed by atoms with Crippen molar-refractivity contribution in [3.63, 3.8) is 0 Å². The van der Waals surface area contributed by atoms with Crippen molar-refractivity contribution < 1.29 is 9.53 Å². The van der Waals surface area contributed by atoms with Crippen LogP contribution in [0, 0.1) is 13.8 Å². The van der Waals surface area contributed by atoms with Crippen LogP contribution in [0.25, 0.3) is 0 Å². The van der Waals surface area contributed by atoms with Crippen molar-refractivity contribution in [2.45, 2.75) is 19.6 Å². The lowest BCUT2D eigenvalue weighted by Crippen LogP contribution is -2.36. The summed E-state index contributed by atoms with van der Waals surface area (Å²) in [6.45, 7) is 7.59. The first-order valence-electron chi connectivity index (χ1n) is 8.98. The molecule has 2 aromatic rings. The number of ether oxygens (including phenoxy) is 1. The van der Waals surface area contributed by atoms with Gasteiger partial charge in [0.2, 0.25) is 5.91 Å². The van der Waals surface area contributed by atoms with Crippen molar-refractivity contribution in [2.75, 3.05) is 42.3 Å². The third-order valence-electron chi connectivity index (χ3n) is 4.31. The van der Waals surface area contributed by atoms with E-state index in [4.69, 9.17) is 4.74 Å². The smallest absolute Gasteiger partial charge is 0.234 e. The minimum absolute atomic E-state index is 0.0403. The molecular formula is C21H26N2O2S. The zero-order valence-electron chi connectivity index (χ0n) is 15.5. The van der Waals surface area contributed by atoms with Crippen LogP contribution in [0.2, 0.25) is 0 Å². The van der Waals surface area contributed by atoms with Crippen molar-refractivity contribution in [1.82, 2.24) is 0 Å². The molecule has 138 valence electrons. The zero-order chi connectivity index (χ0) is 18.4. The van der Waals surface area contributed by atoms with Gasteiger partial charge in [-0.1, -0.05) is 29.3 Å². The molecule has 1 fully saturated rings. The van der Waals surface area contributed by atoms with Crippen LogP contribution in [0.3, 0.4) is 0 Å². The lowest BCUT2D eigenvalue weighted by Gasteiger charge is -2.28. The van der Waals surface area contributed by atoms with Crippen molar-refractivity contribution in [3.05, 3.63) is 59.2 Å². The third-order valence-corrected chi connectivity index (χ3v) is 5.31. The number of amides is 1. The average Bonchev–Trinajstić information content (AvgIpc) is 2.62. The molecule has 2 aromatic carbocycles. The lowest BCUT2D eigenvalue weighted by atomic mass is 10.1. The summed E-state index contributed by atoms with van der Waals surface area (Å²) in [4.78, 5) is 14.5. The minimum atomic E-state index is 0.0403. The van der Waals surface area contributed by atoms with Gasteiger partial charge in [0.25, 0.3) is 0 Å². The summed E-state index contributed by atoms with van der Waals surface area (Å²) in [6.07, 6.45) is 0. The Hall–Kier alpha value is -1.98. The highest BCUT2D eigenvalue weighted by atomic mass is 32.2. The number of nitrogens with zero attached hydrogens (tertiary/aromatic N) is 1. The van der Waals surface area contributed by atoms with Crippen molar-refractivity contribution in [3.8, 4) is 0 Å². The van der Waals surface area contributed by atoms with E-state index in [1.54, 1.807) is 11.8 Å². The van der Waals surface area contributed by atoms with E-state index in [-0.39, 0.29) is 5.91 Å². The molecule has 1 heterocycles. The van der Waals surface area contributed by atoms with E-state index in [9.17, 15) is 4.79 Å². The molecule has 5 heteroatoms. The highest BCUT2D eigenvalue weighted by Gasteiger charge is 2.11. The average molecular weight is 371 g/mol. The predicted octanol–water partition coefficient (Wildman–Crippen LogP) is 4.01. The lowest BCUT2D eigenvalue weighted by molar-refractivity contribution is -0.113. The minimum Gasteiger partial charge on any atom is -0.378 e. The monoisotopic (exact) mass is 370 g/mol. The zero-order valence-corrected chi connectivity index (χ0v) is 16.3. The maximum absolute atomic E-state index is 12.2. The molecule has 0 spiro atoms. The first-order valence-corrected chi connectivity index (χ1v) is 10.1. The summed E-state index contributed by atoms with van der Waals surface area (Å²) in [5.41, 5.74) is 5.83. The first kappa shape index (κ1) is 18.8. The molecule has 0 aliphatic carbocycles. The van der Waals surface area contributed by atoms with Gasteiger partial charge in [0, 0.05) is 30.2 Å². The van der Waals surface area contributed by atoms with Gasteiger partial charge in [-0.3, -0.25) is 4.79 Å². The standard InChI is InChI=1S/C21H26N2O2S/c1-16-11-17(2)13-18(12-16)14-26-15-21(24)22-19-3-5-20(6-4-19)23-7-9-25-10-8-23/h3-6,11-13H,7-10,14-15H2,1-2H3,(H,22,24). The van der Waals surface area contributed by atoms with Crippen molar-refractivity contribution in [2.24, 2.45) is 0 Å². The quantitative estimate of drug-likeness (QED) is 0.834. The predicted molar refractivity (Wildman–Crippen MR) is 110 cm³/mol. The Balaban J connectivity index is 1.45. The number of thioether (sulfide) groups is 1. The number of anilines is 2. The second-order valence-corrected chi connectivity index (χ2v) is 7.67. The molecule has 0 radical (unpaired) electrons. The summed E-state index contributed by atoms with van der Waals surface area (Å²) in [5, 5.41) is 2.98.